The second-order valence-corrected chi connectivity index (χ2v) is 3.67. The Bertz CT molecular complexity index is 506. The first kappa shape index (κ1) is 13.5. The average molecular weight is 251 g/mol. The third-order valence-corrected chi connectivity index (χ3v) is 2.31. The lowest BCUT2D eigenvalue weighted by Crippen LogP contribution is -1.90. The highest BCUT2D eigenvalue weighted by Crippen LogP contribution is 2.21. The van der Waals surface area contributed by atoms with Crippen LogP contribution in [0.15, 0.2) is 30.3 Å². The quantitative estimate of drug-likeness (QED) is 0.820. The van der Waals surface area contributed by atoms with Gasteiger partial charge in [-0.1, -0.05) is 37.6 Å². The molecule has 3 nitrogen and oxygen atoms in total. The van der Waals surface area contributed by atoms with E-state index in [2.05, 4.69) is 10.2 Å². The molecule has 0 unspecified atom stereocenters. The van der Waals surface area contributed by atoms with Crippen molar-refractivity contribution in [1.82, 2.24) is 10.2 Å². The maximum Gasteiger partial charge on any atom is 0.177 e. The van der Waals surface area contributed by atoms with Gasteiger partial charge < -0.3 is 0 Å². The number of hydrogen-bond donors (Lipinski definition) is 1. The molecule has 0 fully saturated rings. The fraction of sp³-hybridized carbons (Fsp3) is 0.231. The fourth-order valence-corrected chi connectivity index (χ4v) is 1.49. The van der Waals surface area contributed by atoms with Gasteiger partial charge in [0, 0.05) is 17.5 Å². The van der Waals surface area contributed by atoms with Crippen molar-refractivity contribution >= 4 is 17.4 Å². The van der Waals surface area contributed by atoms with Gasteiger partial charge in [0.2, 0.25) is 0 Å². The van der Waals surface area contributed by atoms with Gasteiger partial charge in [-0.2, -0.15) is 5.10 Å². The molecule has 0 amide bonds. The number of benzene rings is 1. The largest absolute Gasteiger partial charge is 0.293 e. The maximum atomic E-state index is 11.1. The van der Waals surface area contributed by atoms with Crippen molar-refractivity contribution < 1.29 is 4.79 Å². The summed E-state index contributed by atoms with van der Waals surface area (Å²) >= 11 is 5.86. The van der Waals surface area contributed by atoms with Crippen molar-refractivity contribution in [3.8, 4) is 11.3 Å². The van der Waals surface area contributed by atoms with E-state index < -0.39 is 0 Å². The number of halogens is 1. The summed E-state index contributed by atoms with van der Waals surface area (Å²) in [6.07, 6.45) is 0. The SMILES string of the molecule is CC.CC(=O)c1cc(-c2cccc(Cl)c2)n[nH]1. The number of Topliss-reactive ketones (excluding diaryl/α,β-unsaturated/α-hetero) is 1. The molecule has 0 bridgehead atoms. The van der Waals surface area contributed by atoms with E-state index in [1.54, 1.807) is 12.1 Å². The number of hydrogen-bond acceptors (Lipinski definition) is 2. The molecule has 4 heteroatoms. The molecule has 1 aromatic heterocycles. The lowest BCUT2D eigenvalue weighted by molar-refractivity contribution is 0.101. The lowest BCUT2D eigenvalue weighted by atomic mass is 10.1. The van der Waals surface area contributed by atoms with E-state index in [0.717, 1.165) is 11.3 Å². The minimum atomic E-state index is -0.0317. The molecule has 0 saturated heterocycles. The van der Waals surface area contributed by atoms with Gasteiger partial charge in [-0.3, -0.25) is 9.89 Å². The summed E-state index contributed by atoms with van der Waals surface area (Å²) in [7, 11) is 0. The summed E-state index contributed by atoms with van der Waals surface area (Å²) in [5.74, 6) is -0.0317. The van der Waals surface area contributed by atoms with Crippen LogP contribution in [0.3, 0.4) is 0 Å². The Balaban J connectivity index is 0.000000686. The summed E-state index contributed by atoms with van der Waals surface area (Å²) in [5.41, 5.74) is 2.12. The average Bonchev–Trinajstić information content (AvgIpc) is 2.81. The Morgan fingerprint density at radius 2 is 2.00 bits per heavy atom. The monoisotopic (exact) mass is 250 g/mol. The van der Waals surface area contributed by atoms with Crippen LogP contribution in [0.5, 0.6) is 0 Å². The summed E-state index contributed by atoms with van der Waals surface area (Å²) in [5, 5.41) is 7.38. The van der Waals surface area contributed by atoms with Gasteiger partial charge in [0.25, 0.3) is 0 Å². The van der Waals surface area contributed by atoms with Crippen molar-refractivity contribution in [2.75, 3.05) is 0 Å². The van der Waals surface area contributed by atoms with Gasteiger partial charge in [0.1, 0.15) is 5.69 Å². The van der Waals surface area contributed by atoms with Crippen LogP contribution in [0.1, 0.15) is 31.3 Å². The van der Waals surface area contributed by atoms with Gasteiger partial charge >= 0.3 is 0 Å². The molecule has 2 aromatic rings. The normalized spacial score (nSPS) is 9.41. The molecule has 2 rings (SSSR count). The Morgan fingerprint density at radius 3 is 2.53 bits per heavy atom. The molecule has 1 heterocycles. The number of aromatic nitrogens is 2. The highest BCUT2D eigenvalue weighted by molar-refractivity contribution is 6.30. The Hall–Kier alpha value is -1.61. The number of carbonyl (C=O) groups is 1. The fourth-order valence-electron chi connectivity index (χ4n) is 1.30. The Labute approximate surface area is 106 Å². The van der Waals surface area contributed by atoms with Gasteiger partial charge in [-0.15, -0.1) is 0 Å². The molecule has 1 aromatic carbocycles. The third-order valence-electron chi connectivity index (χ3n) is 2.08. The minimum Gasteiger partial charge on any atom is -0.293 e. The molecule has 0 aliphatic heterocycles. The topological polar surface area (TPSA) is 45.8 Å². The summed E-state index contributed by atoms with van der Waals surface area (Å²) in [6.45, 7) is 5.50. The van der Waals surface area contributed by atoms with E-state index >= 15 is 0 Å². The summed E-state index contributed by atoms with van der Waals surface area (Å²) < 4.78 is 0. The molecular weight excluding hydrogens is 236 g/mol. The van der Waals surface area contributed by atoms with Gasteiger partial charge in [0.15, 0.2) is 5.78 Å². The van der Waals surface area contributed by atoms with E-state index in [1.807, 2.05) is 32.0 Å². The molecule has 0 saturated carbocycles. The van der Waals surface area contributed by atoms with Crippen LogP contribution in [-0.4, -0.2) is 16.0 Å². The lowest BCUT2D eigenvalue weighted by Gasteiger charge is -1.95. The number of nitrogens with one attached hydrogen (secondary N) is 1. The van der Waals surface area contributed by atoms with Crippen LogP contribution in [-0.2, 0) is 0 Å². The zero-order valence-corrected chi connectivity index (χ0v) is 10.9. The third kappa shape index (κ3) is 3.43. The number of carbonyl (C=O) groups excluding carboxylic acids is 1. The summed E-state index contributed by atoms with van der Waals surface area (Å²) in [6, 6.07) is 9.06. The molecule has 17 heavy (non-hydrogen) atoms. The number of nitrogens with zero attached hydrogens (tertiary/aromatic N) is 1. The predicted molar refractivity (Wildman–Crippen MR) is 70.4 cm³/mol. The van der Waals surface area contributed by atoms with Gasteiger partial charge in [-0.05, 0) is 18.2 Å². The van der Waals surface area contributed by atoms with E-state index in [9.17, 15) is 4.79 Å². The second kappa shape index (κ2) is 6.21. The van der Waals surface area contributed by atoms with E-state index in [-0.39, 0.29) is 5.78 Å². The zero-order valence-electron chi connectivity index (χ0n) is 10.1. The highest BCUT2D eigenvalue weighted by Gasteiger charge is 2.06. The smallest absolute Gasteiger partial charge is 0.177 e. The Morgan fingerprint density at radius 1 is 1.29 bits per heavy atom. The number of rotatable bonds is 2. The van der Waals surface area contributed by atoms with Crippen LogP contribution in [0.25, 0.3) is 11.3 Å². The minimum absolute atomic E-state index is 0.0317. The molecule has 90 valence electrons. The van der Waals surface area contributed by atoms with E-state index in [4.69, 9.17) is 11.6 Å². The maximum absolute atomic E-state index is 11.1. The van der Waals surface area contributed by atoms with Crippen LogP contribution in [0, 0.1) is 0 Å². The van der Waals surface area contributed by atoms with E-state index in [0.29, 0.717) is 10.7 Å². The predicted octanol–water partition coefficient (Wildman–Crippen LogP) is 3.96. The standard InChI is InChI=1S/C11H9ClN2O.C2H6/c1-7(15)10-6-11(14-13-10)8-3-2-4-9(12)5-8;1-2/h2-6H,1H3,(H,13,14);1-2H3. The van der Waals surface area contributed by atoms with Crippen molar-refractivity contribution in [1.29, 1.82) is 0 Å². The molecular formula is C13H15ClN2O. The number of H-pyrrole nitrogens is 1. The van der Waals surface area contributed by atoms with E-state index in [1.165, 1.54) is 6.92 Å². The van der Waals surface area contributed by atoms with Crippen molar-refractivity contribution in [2.45, 2.75) is 20.8 Å². The first-order chi connectivity index (χ1) is 8.16. The van der Waals surface area contributed by atoms with Crippen molar-refractivity contribution in [3.63, 3.8) is 0 Å². The van der Waals surface area contributed by atoms with Gasteiger partial charge in [-0.25, -0.2) is 0 Å². The van der Waals surface area contributed by atoms with Crippen LogP contribution < -0.4 is 0 Å². The highest BCUT2D eigenvalue weighted by atomic mass is 35.5. The molecule has 0 atom stereocenters. The van der Waals surface area contributed by atoms with Crippen LogP contribution in [0.4, 0.5) is 0 Å². The zero-order chi connectivity index (χ0) is 12.8. The number of aromatic amines is 1. The van der Waals surface area contributed by atoms with Crippen LogP contribution >= 0.6 is 11.6 Å². The van der Waals surface area contributed by atoms with Gasteiger partial charge in [0.05, 0.1) is 5.69 Å². The molecule has 0 spiro atoms. The van der Waals surface area contributed by atoms with Crippen LogP contribution in [0.2, 0.25) is 5.02 Å². The summed E-state index contributed by atoms with van der Waals surface area (Å²) in [4.78, 5) is 11.1. The first-order valence-electron chi connectivity index (χ1n) is 5.49. The molecule has 0 radical (unpaired) electrons. The molecule has 1 N–H and O–H groups in total. The van der Waals surface area contributed by atoms with Crippen molar-refractivity contribution in [2.24, 2.45) is 0 Å². The number of ketones is 1. The molecule has 0 aliphatic carbocycles. The Kier molecular flexibility index (Phi) is 4.91. The van der Waals surface area contributed by atoms with Crippen molar-refractivity contribution in [3.05, 3.63) is 41.0 Å². The molecule has 0 aliphatic rings. The first-order valence-corrected chi connectivity index (χ1v) is 5.87. The second-order valence-electron chi connectivity index (χ2n) is 3.23.